The first-order chi connectivity index (χ1) is 22.4. The van der Waals surface area contributed by atoms with E-state index >= 15 is 0 Å². The number of aliphatic imine (C=N–C) groups is 1. The molecule has 0 bridgehead atoms. The Labute approximate surface area is 281 Å². The van der Waals surface area contributed by atoms with Crippen LogP contribution >= 0.6 is 0 Å². The number of carbonyl (C=O) groups is 2. The molecule has 7 nitrogen and oxygen atoms in total. The number of benzene rings is 2. The molecule has 250 valence electrons. The highest BCUT2D eigenvalue weighted by atomic mass is 16.2. The number of hydrogen-bond donors (Lipinski definition) is 1. The summed E-state index contributed by atoms with van der Waals surface area (Å²) in [5.74, 6) is 1.41. The number of pyridine rings is 1. The lowest BCUT2D eigenvalue weighted by atomic mass is 9.82. The summed E-state index contributed by atoms with van der Waals surface area (Å²) in [4.78, 5) is 39.9. The number of H-pyrrole nitrogens is 1. The lowest BCUT2D eigenvalue weighted by Crippen LogP contribution is -2.43. The molecule has 7 heteroatoms. The first kappa shape index (κ1) is 35.6. The molecule has 1 aliphatic rings. The van der Waals surface area contributed by atoms with Gasteiger partial charge in [-0.15, -0.1) is 0 Å². The number of rotatable bonds is 8. The first-order valence-electron chi connectivity index (χ1n) is 17.1. The van der Waals surface area contributed by atoms with E-state index in [-0.39, 0.29) is 11.8 Å². The minimum Gasteiger partial charge on any atom is -0.360 e. The largest absolute Gasteiger partial charge is 0.360 e. The fraction of sp³-hybridized carbons (Fsp3) is 0.450. The quantitative estimate of drug-likeness (QED) is 0.156. The van der Waals surface area contributed by atoms with Crippen molar-refractivity contribution in [3.05, 3.63) is 88.7 Å². The number of nitrogens with zero attached hydrogens (tertiary/aromatic N) is 4. The highest BCUT2D eigenvalue weighted by Crippen LogP contribution is 2.36. The summed E-state index contributed by atoms with van der Waals surface area (Å²) in [6.45, 7) is 21.5. The Kier molecular flexibility index (Phi) is 11.8. The zero-order chi connectivity index (χ0) is 34.3. The van der Waals surface area contributed by atoms with Crippen LogP contribution in [0, 0.1) is 13.8 Å². The van der Waals surface area contributed by atoms with E-state index in [2.05, 4.69) is 89.2 Å². The number of fused-ring (bicyclic) bond motifs is 1. The Bertz CT molecular complexity index is 1700. The van der Waals surface area contributed by atoms with Gasteiger partial charge in [0.2, 0.25) is 11.8 Å². The Hall–Kier alpha value is -4.26. The number of amides is 2. The van der Waals surface area contributed by atoms with Crippen molar-refractivity contribution in [3.8, 4) is 11.3 Å². The molecule has 1 saturated heterocycles. The van der Waals surface area contributed by atoms with Crippen LogP contribution in [0.3, 0.4) is 0 Å². The van der Waals surface area contributed by atoms with E-state index in [4.69, 9.17) is 0 Å². The molecule has 47 heavy (non-hydrogen) atoms. The third-order valence-electron chi connectivity index (χ3n) is 9.37. The minimum atomic E-state index is -0.555. The molecule has 5 rings (SSSR count). The third kappa shape index (κ3) is 8.37. The number of likely N-dealkylation sites (tertiary alicyclic amines) is 1. The third-order valence-corrected chi connectivity index (χ3v) is 9.37. The predicted molar refractivity (Wildman–Crippen MR) is 195 cm³/mol. The molecule has 1 aliphatic heterocycles. The second-order valence-corrected chi connectivity index (χ2v) is 13.4. The zero-order valence-corrected chi connectivity index (χ0v) is 29.9. The number of aryl methyl sites for hydroxylation is 3. The summed E-state index contributed by atoms with van der Waals surface area (Å²) < 4.78 is 0. The molecule has 1 atom stereocenters. The molecule has 1 N–H and O–H groups in total. The molecule has 0 saturated carbocycles. The van der Waals surface area contributed by atoms with Crippen LogP contribution in [0.25, 0.3) is 22.2 Å². The molecule has 0 spiro atoms. The Morgan fingerprint density at radius 2 is 1.64 bits per heavy atom. The molecule has 1 fully saturated rings. The van der Waals surface area contributed by atoms with Crippen molar-refractivity contribution in [1.29, 1.82) is 0 Å². The van der Waals surface area contributed by atoms with Crippen LogP contribution < -0.4 is 0 Å². The zero-order valence-electron chi connectivity index (χ0n) is 29.9. The van der Waals surface area contributed by atoms with Gasteiger partial charge in [0.25, 0.3) is 0 Å². The highest BCUT2D eigenvalue weighted by Gasteiger charge is 2.33. The van der Waals surface area contributed by atoms with Crippen molar-refractivity contribution in [3.63, 3.8) is 0 Å². The maximum absolute atomic E-state index is 13.2. The van der Waals surface area contributed by atoms with Crippen LogP contribution in [0.1, 0.15) is 95.0 Å². The van der Waals surface area contributed by atoms with Gasteiger partial charge in [-0.25, -0.2) is 4.99 Å². The van der Waals surface area contributed by atoms with Gasteiger partial charge in [-0.05, 0) is 120 Å². The van der Waals surface area contributed by atoms with Gasteiger partial charge in [-0.3, -0.25) is 14.6 Å². The van der Waals surface area contributed by atoms with Gasteiger partial charge in [0.05, 0.1) is 5.41 Å². The second kappa shape index (κ2) is 15.6. The number of carbonyl (C=O) groups excluding carboxylic acids is 2. The van der Waals surface area contributed by atoms with Crippen molar-refractivity contribution in [2.24, 2.45) is 4.99 Å². The van der Waals surface area contributed by atoms with Crippen LogP contribution in [0.5, 0.6) is 0 Å². The second-order valence-electron chi connectivity index (χ2n) is 13.4. The van der Waals surface area contributed by atoms with E-state index in [1.54, 1.807) is 0 Å². The average Bonchev–Trinajstić information content (AvgIpc) is 3.68. The standard InChI is InChI=1S/C27H36N2O.C13H17N3O/c1-8-11-22-23-17-21(27(6,7)26(30)29(9-2)10-3)12-13-24(23)28-25(22)20-15-18(4)14-19(5)16-20;1-10(15-11(2)17)16-8-5-13(9-16)12-3-6-14-7-4-12/h12-17,28H,8-11H2,1-7H3;3-4,6-7,13H,5,8-9H2,1-2H3. The summed E-state index contributed by atoms with van der Waals surface area (Å²) in [6.07, 6.45) is 6.85. The first-order valence-corrected chi connectivity index (χ1v) is 17.1. The van der Waals surface area contributed by atoms with Crippen LogP contribution in [-0.2, 0) is 21.4 Å². The van der Waals surface area contributed by atoms with E-state index in [0.717, 1.165) is 62.4 Å². The smallest absolute Gasteiger partial charge is 0.244 e. The Morgan fingerprint density at radius 3 is 2.23 bits per heavy atom. The number of aromatic amines is 1. The summed E-state index contributed by atoms with van der Waals surface area (Å²) in [7, 11) is 0. The Balaban J connectivity index is 0.000000248. The summed E-state index contributed by atoms with van der Waals surface area (Å²) in [5.41, 5.74) is 9.34. The number of amidine groups is 1. The van der Waals surface area contributed by atoms with Crippen molar-refractivity contribution >= 4 is 28.6 Å². The fourth-order valence-electron chi connectivity index (χ4n) is 6.80. The van der Waals surface area contributed by atoms with Gasteiger partial charge in [-0.1, -0.05) is 36.6 Å². The van der Waals surface area contributed by atoms with Crippen molar-refractivity contribution < 1.29 is 9.59 Å². The molecule has 2 aromatic carbocycles. The van der Waals surface area contributed by atoms with Crippen LogP contribution in [0.2, 0.25) is 0 Å². The molecular formula is C40H53N5O2. The lowest BCUT2D eigenvalue weighted by molar-refractivity contribution is -0.135. The number of hydrogen-bond acceptors (Lipinski definition) is 3. The van der Waals surface area contributed by atoms with Crippen LogP contribution in [0.15, 0.2) is 65.9 Å². The van der Waals surface area contributed by atoms with Gasteiger partial charge in [-0.2, -0.15) is 0 Å². The van der Waals surface area contributed by atoms with Crippen molar-refractivity contribution in [1.82, 2.24) is 19.8 Å². The topological polar surface area (TPSA) is 81.7 Å². The minimum absolute atomic E-state index is 0.130. The monoisotopic (exact) mass is 635 g/mol. The maximum atomic E-state index is 13.2. The van der Waals surface area contributed by atoms with Crippen molar-refractivity contribution in [2.75, 3.05) is 26.2 Å². The van der Waals surface area contributed by atoms with E-state index < -0.39 is 5.41 Å². The molecule has 1 unspecified atom stereocenters. The van der Waals surface area contributed by atoms with Crippen LogP contribution in [-0.4, -0.2) is 63.6 Å². The average molecular weight is 636 g/mol. The van der Waals surface area contributed by atoms with Gasteiger partial charge in [0, 0.05) is 68.0 Å². The summed E-state index contributed by atoms with van der Waals surface area (Å²) >= 11 is 0. The SMILES string of the molecule is CC(=O)N=C(C)N1CCC(c2ccncc2)C1.CCCc1c(-c2cc(C)cc(C)c2)[nH]c2ccc(C(C)(C)C(=O)N(CC)CC)cc12. The van der Waals surface area contributed by atoms with E-state index in [0.29, 0.717) is 5.92 Å². The molecular weight excluding hydrogens is 582 g/mol. The van der Waals surface area contributed by atoms with Crippen molar-refractivity contribution in [2.45, 2.75) is 92.9 Å². The predicted octanol–water partition coefficient (Wildman–Crippen LogP) is 8.39. The van der Waals surface area contributed by atoms with Gasteiger partial charge < -0.3 is 14.8 Å². The normalized spacial score (nSPS) is 15.0. The fourth-order valence-corrected chi connectivity index (χ4v) is 6.80. The van der Waals surface area contributed by atoms with Crippen LogP contribution in [0.4, 0.5) is 0 Å². The molecule has 2 aromatic heterocycles. The van der Waals surface area contributed by atoms with E-state index in [1.807, 2.05) is 51.9 Å². The molecule has 2 amide bonds. The number of nitrogens with one attached hydrogen (secondary N) is 1. The highest BCUT2D eigenvalue weighted by molar-refractivity contribution is 5.94. The lowest BCUT2D eigenvalue weighted by Gasteiger charge is -2.31. The van der Waals surface area contributed by atoms with E-state index in [9.17, 15) is 9.59 Å². The Morgan fingerprint density at radius 1 is 0.979 bits per heavy atom. The number of aromatic nitrogens is 2. The maximum Gasteiger partial charge on any atom is 0.244 e. The molecule has 3 heterocycles. The molecule has 0 aliphatic carbocycles. The van der Waals surface area contributed by atoms with E-state index in [1.165, 1.54) is 45.8 Å². The molecule has 0 radical (unpaired) electrons. The molecule has 4 aromatic rings. The summed E-state index contributed by atoms with van der Waals surface area (Å²) in [5, 5.41) is 1.24. The van der Waals surface area contributed by atoms with Gasteiger partial charge >= 0.3 is 0 Å². The summed E-state index contributed by atoms with van der Waals surface area (Å²) in [6, 6.07) is 17.3. The number of likely N-dealkylation sites (N-methyl/N-ethyl adjacent to an activating group) is 1. The van der Waals surface area contributed by atoms with Gasteiger partial charge in [0.1, 0.15) is 5.84 Å². The van der Waals surface area contributed by atoms with Gasteiger partial charge in [0.15, 0.2) is 0 Å².